The molecule has 1 aliphatic rings. The van der Waals surface area contributed by atoms with Gasteiger partial charge < -0.3 is 5.73 Å². The molecule has 1 saturated heterocycles. The number of nitrogens with zero attached hydrogens (tertiary/aromatic N) is 2. The first-order valence-corrected chi connectivity index (χ1v) is 7.14. The van der Waals surface area contributed by atoms with Gasteiger partial charge in [0.25, 0.3) is 0 Å². The van der Waals surface area contributed by atoms with Crippen molar-refractivity contribution < 1.29 is 9.59 Å². The summed E-state index contributed by atoms with van der Waals surface area (Å²) in [5.74, 6) is -0.590. The Morgan fingerprint density at radius 2 is 2.19 bits per heavy atom. The summed E-state index contributed by atoms with van der Waals surface area (Å²) in [4.78, 5) is 30.0. The number of rotatable bonds is 4. The number of hydrogen-bond donors (Lipinski definition) is 2. The standard InChI is InChI=1S/C15H22N4O2/c1-4-11(16)13(10-6-5-7-17-8-10)19-9-12(20)18-14(21)15(19,2)3/h5-8,11,13H,4,9,16H2,1-3H3,(H,18,20,21). The summed E-state index contributed by atoms with van der Waals surface area (Å²) in [5.41, 5.74) is 6.39. The highest BCUT2D eigenvalue weighted by atomic mass is 16.2. The quantitative estimate of drug-likeness (QED) is 0.793. The van der Waals surface area contributed by atoms with Crippen LogP contribution in [-0.2, 0) is 9.59 Å². The van der Waals surface area contributed by atoms with E-state index in [2.05, 4.69) is 10.3 Å². The summed E-state index contributed by atoms with van der Waals surface area (Å²) in [7, 11) is 0. The van der Waals surface area contributed by atoms with Gasteiger partial charge in [-0.3, -0.25) is 24.8 Å². The second-order valence-corrected chi connectivity index (χ2v) is 5.87. The van der Waals surface area contributed by atoms with Gasteiger partial charge in [-0.25, -0.2) is 0 Å². The van der Waals surface area contributed by atoms with Crippen molar-refractivity contribution in [3.05, 3.63) is 30.1 Å². The maximum atomic E-state index is 12.2. The van der Waals surface area contributed by atoms with Crippen LogP contribution >= 0.6 is 0 Å². The van der Waals surface area contributed by atoms with Crippen LogP contribution in [0.15, 0.2) is 24.5 Å². The Kier molecular flexibility index (Phi) is 4.39. The van der Waals surface area contributed by atoms with Crippen LogP contribution in [0.4, 0.5) is 0 Å². The number of carbonyl (C=O) groups is 2. The van der Waals surface area contributed by atoms with Gasteiger partial charge in [0, 0.05) is 18.4 Å². The number of nitrogens with two attached hydrogens (primary N) is 1. The van der Waals surface area contributed by atoms with Crippen LogP contribution in [0.25, 0.3) is 0 Å². The van der Waals surface area contributed by atoms with Crippen LogP contribution in [-0.4, -0.2) is 39.8 Å². The van der Waals surface area contributed by atoms with E-state index in [4.69, 9.17) is 5.73 Å². The predicted octanol–water partition coefficient (Wildman–Crippen LogP) is 0.597. The van der Waals surface area contributed by atoms with Crippen molar-refractivity contribution in [2.45, 2.75) is 44.8 Å². The number of amides is 2. The first kappa shape index (κ1) is 15.6. The van der Waals surface area contributed by atoms with Gasteiger partial charge in [-0.05, 0) is 31.9 Å². The molecule has 0 aromatic carbocycles. The Hall–Kier alpha value is -1.79. The zero-order valence-corrected chi connectivity index (χ0v) is 12.7. The van der Waals surface area contributed by atoms with Crippen LogP contribution in [0, 0.1) is 0 Å². The molecule has 2 rings (SSSR count). The molecule has 1 aromatic heterocycles. The highest BCUT2D eigenvalue weighted by Crippen LogP contribution is 2.32. The minimum atomic E-state index is -0.804. The highest BCUT2D eigenvalue weighted by Gasteiger charge is 2.45. The fourth-order valence-electron chi connectivity index (χ4n) is 2.68. The van der Waals surface area contributed by atoms with Crippen LogP contribution < -0.4 is 11.1 Å². The number of nitrogens with one attached hydrogen (secondary N) is 1. The molecule has 0 spiro atoms. The van der Waals surface area contributed by atoms with E-state index in [1.54, 1.807) is 26.2 Å². The van der Waals surface area contributed by atoms with Gasteiger partial charge >= 0.3 is 0 Å². The molecule has 114 valence electrons. The molecule has 1 aromatic rings. The van der Waals surface area contributed by atoms with Gasteiger partial charge in [0.1, 0.15) is 0 Å². The van der Waals surface area contributed by atoms with Crippen molar-refractivity contribution in [3.8, 4) is 0 Å². The van der Waals surface area contributed by atoms with Gasteiger partial charge in [0.15, 0.2) is 0 Å². The molecule has 1 fully saturated rings. The highest BCUT2D eigenvalue weighted by molar-refractivity contribution is 6.03. The van der Waals surface area contributed by atoms with Crippen molar-refractivity contribution in [2.24, 2.45) is 5.73 Å². The first-order chi connectivity index (χ1) is 9.87. The van der Waals surface area contributed by atoms with Crippen molar-refractivity contribution >= 4 is 11.8 Å². The van der Waals surface area contributed by atoms with Gasteiger partial charge in [-0.1, -0.05) is 13.0 Å². The Morgan fingerprint density at radius 1 is 1.48 bits per heavy atom. The maximum absolute atomic E-state index is 12.2. The fourth-order valence-corrected chi connectivity index (χ4v) is 2.68. The van der Waals surface area contributed by atoms with Crippen LogP contribution in [0.3, 0.4) is 0 Å². The molecular weight excluding hydrogens is 268 g/mol. The number of piperazine rings is 1. The molecule has 0 saturated carbocycles. The summed E-state index contributed by atoms with van der Waals surface area (Å²) < 4.78 is 0. The average Bonchev–Trinajstić information content (AvgIpc) is 2.45. The van der Waals surface area contributed by atoms with Crippen molar-refractivity contribution in [2.75, 3.05) is 6.54 Å². The zero-order valence-electron chi connectivity index (χ0n) is 12.7. The Bertz CT molecular complexity index is 530. The minimum Gasteiger partial charge on any atom is -0.326 e. The normalized spacial score (nSPS) is 21.7. The molecule has 2 atom stereocenters. The molecule has 21 heavy (non-hydrogen) atoms. The molecule has 2 amide bonds. The lowest BCUT2D eigenvalue weighted by atomic mass is 9.89. The molecule has 0 radical (unpaired) electrons. The van der Waals surface area contributed by atoms with E-state index in [0.717, 1.165) is 12.0 Å². The maximum Gasteiger partial charge on any atom is 0.246 e. The Morgan fingerprint density at radius 3 is 2.76 bits per heavy atom. The second kappa shape index (κ2) is 5.91. The van der Waals surface area contributed by atoms with E-state index in [-0.39, 0.29) is 30.4 Å². The van der Waals surface area contributed by atoms with Gasteiger partial charge in [-0.15, -0.1) is 0 Å². The Labute approximate surface area is 124 Å². The lowest BCUT2D eigenvalue weighted by Crippen LogP contribution is -2.66. The fraction of sp³-hybridized carbons (Fsp3) is 0.533. The molecular formula is C15H22N4O2. The number of carbonyl (C=O) groups excluding carboxylic acids is 2. The molecule has 3 N–H and O–H groups in total. The third-order valence-corrected chi connectivity index (χ3v) is 4.08. The monoisotopic (exact) mass is 290 g/mol. The molecule has 2 unspecified atom stereocenters. The molecule has 6 heteroatoms. The third kappa shape index (κ3) is 2.96. The molecule has 0 aliphatic carbocycles. The lowest BCUT2D eigenvalue weighted by molar-refractivity contribution is -0.148. The van der Waals surface area contributed by atoms with Gasteiger partial charge in [0.05, 0.1) is 18.1 Å². The van der Waals surface area contributed by atoms with Crippen LogP contribution in [0.5, 0.6) is 0 Å². The van der Waals surface area contributed by atoms with E-state index in [1.165, 1.54) is 0 Å². The number of aromatic nitrogens is 1. The topological polar surface area (TPSA) is 88.3 Å². The lowest BCUT2D eigenvalue weighted by Gasteiger charge is -2.46. The van der Waals surface area contributed by atoms with E-state index in [0.29, 0.717) is 0 Å². The van der Waals surface area contributed by atoms with E-state index < -0.39 is 5.54 Å². The van der Waals surface area contributed by atoms with Crippen LogP contribution in [0.1, 0.15) is 38.8 Å². The predicted molar refractivity (Wildman–Crippen MR) is 79.2 cm³/mol. The first-order valence-electron chi connectivity index (χ1n) is 7.14. The zero-order chi connectivity index (χ0) is 15.6. The van der Waals surface area contributed by atoms with Crippen molar-refractivity contribution in [1.29, 1.82) is 0 Å². The van der Waals surface area contributed by atoms with Crippen molar-refractivity contribution in [1.82, 2.24) is 15.2 Å². The average molecular weight is 290 g/mol. The summed E-state index contributed by atoms with van der Waals surface area (Å²) >= 11 is 0. The SMILES string of the molecule is CCC(N)C(c1cccnc1)N1CC(=O)NC(=O)C1(C)C. The minimum absolute atomic E-state index is 0.145. The third-order valence-electron chi connectivity index (χ3n) is 4.08. The van der Waals surface area contributed by atoms with Crippen molar-refractivity contribution in [3.63, 3.8) is 0 Å². The van der Waals surface area contributed by atoms with Crippen LogP contribution in [0.2, 0.25) is 0 Å². The van der Waals surface area contributed by atoms with E-state index >= 15 is 0 Å². The van der Waals surface area contributed by atoms with Gasteiger partial charge in [-0.2, -0.15) is 0 Å². The second-order valence-electron chi connectivity index (χ2n) is 5.87. The Balaban J connectivity index is 2.44. The molecule has 0 bridgehead atoms. The summed E-state index contributed by atoms with van der Waals surface area (Å²) in [6, 6.07) is 3.35. The number of pyridine rings is 1. The molecule has 2 heterocycles. The van der Waals surface area contributed by atoms with Gasteiger partial charge in [0.2, 0.25) is 11.8 Å². The summed E-state index contributed by atoms with van der Waals surface area (Å²) in [6.07, 6.45) is 4.17. The number of imide groups is 1. The molecule has 1 aliphatic heterocycles. The summed E-state index contributed by atoms with van der Waals surface area (Å²) in [5, 5.41) is 2.39. The van der Waals surface area contributed by atoms with E-state index in [1.807, 2.05) is 24.0 Å². The smallest absolute Gasteiger partial charge is 0.246 e. The molecule has 6 nitrogen and oxygen atoms in total. The van der Waals surface area contributed by atoms with E-state index in [9.17, 15) is 9.59 Å². The largest absolute Gasteiger partial charge is 0.326 e. The number of hydrogen-bond acceptors (Lipinski definition) is 5. The summed E-state index contributed by atoms with van der Waals surface area (Å²) in [6.45, 7) is 5.75.